The lowest BCUT2D eigenvalue weighted by Gasteiger charge is -1.84. The summed E-state index contributed by atoms with van der Waals surface area (Å²) in [6.07, 6.45) is 7.65. The number of aromatic nitrogens is 1. The van der Waals surface area contributed by atoms with Gasteiger partial charge >= 0.3 is 0 Å². The van der Waals surface area contributed by atoms with E-state index in [4.69, 9.17) is 11.6 Å². The van der Waals surface area contributed by atoms with Gasteiger partial charge in [0.1, 0.15) is 0 Å². The molecular formula is C11H16ClN. The van der Waals surface area contributed by atoms with E-state index in [0.717, 1.165) is 17.9 Å². The minimum absolute atomic E-state index is 0.816. The van der Waals surface area contributed by atoms with Gasteiger partial charge in [0, 0.05) is 18.3 Å². The summed E-state index contributed by atoms with van der Waals surface area (Å²) in [6.45, 7) is 5.73. The van der Waals surface area contributed by atoms with E-state index in [9.17, 15) is 0 Å². The van der Waals surface area contributed by atoms with Crippen LogP contribution in [0.5, 0.6) is 0 Å². The first-order valence-electron chi connectivity index (χ1n) is 4.43. The van der Waals surface area contributed by atoms with Crippen LogP contribution in [0.2, 0.25) is 0 Å². The molecule has 0 saturated heterocycles. The number of hydrogen-bond donors (Lipinski definition) is 0. The molecule has 0 spiro atoms. The SMILES string of the molecule is C=Cc1ccncc1.CCCCCl. The van der Waals surface area contributed by atoms with Crippen molar-refractivity contribution in [3.8, 4) is 0 Å². The Kier molecular flexibility index (Phi) is 8.68. The zero-order valence-electron chi connectivity index (χ0n) is 8.04. The number of halogens is 1. The van der Waals surface area contributed by atoms with Gasteiger partial charge in [-0.2, -0.15) is 0 Å². The number of nitrogens with zero attached hydrogens (tertiary/aromatic N) is 1. The van der Waals surface area contributed by atoms with E-state index in [1.807, 2.05) is 12.1 Å². The van der Waals surface area contributed by atoms with Gasteiger partial charge in [0.15, 0.2) is 0 Å². The van der Waals surface area contributed by atoms with Crippen molar-refractivity contribution < 1.29 is 0 Å². The zero-order valence-corrected chi connectivity index (χ0v) is 8.80. The molecule has 0 aliphatic heterocycles. The number of rotatable bonds is 3. The Labute approximate surface area is 85.5 Å². The molecule has 72 valence electrons. The summed E-state index contributed by atoms with van der Waals surface area (Å²) < 4.78 is 0. The van der Waals surface area contributed by atoms with Crippen LogP contribution in [0.3, 0.4) is 0 Å². The highest BCUT2D eigenvalue weighted by atomic mass is 35.5. The molecule has 0 aliphatic carbocycles. The molecule has 0 saturated carbocycles. The second-order valence-corrected chi connectivity index (χ2v) is 2.91. The van der Waals surface area contributed by atoms with Crippen LogP contribution in [0.25, 0.3) is 6.08 Å². The Balaban J connectivity index is 0.000000252. The van der Waals surface area contributed by atoms with Crippen molar-refractivity contribution in [3.05, 3.63) is 36.7 Å². The van der Waals surface area contributed by atoms with Crippen LogP contribution in [-0.4, -0.2) is 10.9 Å². The highest BCUT2D eigenvalue weighted by molar-refractivity contribution is 6.17. The average molecular weight is 198 g/mol. The molecule has 13 heavy (non-hydrogen) atoms. The Morgan fingerprint density at radius 2 is 2.08 bits per heavy atom. The van der Waals surface area contributed by atoms with Crippen LogP contribution in [0.15, 0.2) is 31.1 Å². The molecular weight excluding hydrogens is 182 g/mol. The van der Waals surface area contributed by atoms with Crippen LogP contribution in [0, 0.1) is 0 Å². The molecule has 1 nitrogen and oxygen atoms in total. The third kappa shape index (κ3) is 7.54. The number of alkyl halides is 1. The van der Waals surface area contributed by atoms with Gasteiger partial charge in [-0.15, -0.1) is 11.6 Å². The van der Waals surface area contributed by atoms with E-state index in [-0.39, 0.29) is 0 Å². The molecule has 0 unspecified atom stereocenters. The summed E-state index contributed by atoms with van der Waals surface area (Å²) in [5.41, 5.74) is 1.11. The highest BCUT2D eigenvalue weighted by Gasteiger charge is 1.76. The summed E-state index contributed by atoms with van der Waals surface area (Å²) in [5.74, 6) is 0.816. The standard InChI is InChI=1S/C7H7N.C4H9Cl/c1-2-7-3-5-8-6-4-7;1-2-3-4-5/h2-6H,1H2;2-4H2,1H3. The lowest BCUT2D eigenvalue weighted by Crippen LogP contribution is -1.69. The Bertz CT molecular complexity index is 207. The minimum atomic E-state index is 0.816. The smallest absolute Gasteiger partial charge is 0.0273 e. The van der Waals surface area contributed by atoms with E-state index >= 15 is 0 Å². The van der Waals surface area contributed by atoms with Gasteiger partial charge < -0.3 is 0 Å². The molecule has 0 radical (unpaired) electrons. The molecule has 0 atom stereocenters. The Morgan fingerprint density at radius 1 is 1.46 bits per heavy atom. The molecule has 1 aromatic heterocycles. The normalized spacial score (nSPS) is 8.46. The average Bonchev–Trinajstić information content (AvgIpc) is 2.21. The molecule has 2 heteroatoms. The van der Waals surface area contributed by atoms with Crippen molar-refractivity contribution in [3.63, 3.8) is 0 Å². The van der Waals surface area contributed by atoms with Gasteiger partial charge in [-0.1, -0.05) is 26.0 Å². The molecule has 0 bridgehead atoms. The summed E-state index contributed by atoms with van der Waals surface area (Å²) >= 11 is 5.30. The van der Waals surface area contributed by atoms with Crippen molar-refractivity contribution in [1.82, 2.24) is 4.98 Å². The maximum atomic E-state index is 5.30. The van der Waals surface area contributed by atoms with Crippen molar-refractivity contribution in [2.45, 2.75) is 19.8 Å². The number of pyridine rings is 1. The van der Waals surface area contributed by atoms with Crippen molar-refractivity contribution in [2.75, 3.05) is 5.88 Å². The molecule has 1 heterocycles. The van der Waals surface area contributed by atoms with E-state index in [2.05, 4.69) is 18.5 Å². The van der Waals surface area contributed by atoms with Gasteiger partial charge in [0.05, 0.1) is 0 Å². The fourth-order valence-corrected chi connectivity index (χ4v) is 0.900. The van der Waals surface area contributed by atoms with Gasteiger partial charge in [-0.25, -0.2) is 0 Å². The molecule has 0 N–H and O–H groups in total. The van der Waals surface area contributed by atoms with E-state index < -0.39 is 0 Å². The van der Waals surface area contributed by atoms with Gasteiger partial charge in [-0.05, 0) is 24.1 Å². The summed E-state index contributed by atoms with van der Waals surface area (Å²) in [7, 11) is 0. The minimum Gasteiger partial charge on any atom is -0.265 e. The second-order valence-electron chi connectivity index (χ2n) is 2.53. The molecule has 0 fully saturated rings. The van der Waals surface area contributed by atoms with Crippen LogP contribution >= 0.6 is 11.6 Å². The largest absolute Gasteiger partial charge is 0.265 e. The highest BCUT2D eigenvalue weighted by Crippen LogP contribution is 1.95. The summed E-state index contributed by atoms with van der Waals surface area (Å²) in [6, 6.07) is 3.82. The van der Waals surface area contributed by atoms with Crippen LogP contribution < -0.4 is 0 Å². The third-order valence-corrected chi connectivity index (χ3v) is 1.70. The van der Waals surface area contributed by atoms with Crippen LogP contribution in [0.4, 0.5) is 0 Å². The summed E-state index contributed by atoms with van der Waals surface area (Å²) in [4.78, 5) is 3.85. The maximum Gasteiger partial charge on any atom is 0.0273 e. The first-order valence-corrected chi connectivity index (χ1v) is 4.97. The monoisotopic (exact) mass is 197 g/mol. The first kappa shape index (κ1) is 12.2. The number of unbranched alkanes of at least 4 members (excludes halogenated alkanes) is 1. The number of hydrogen-bond acceptors (Lipinski definition) is 1. The van der Waals surface area contributed by atoms with Gasteiger partial charge in [0.25, 0.3) is 0 Å². The van der Waals surface area contributed by atoms with Crippen LogP contribution in [0.1, 0.15) is 25.3 Å². The first-order chi connectivity index (χ1) is 6.35. The molecule has 0 amide bonds. The molecule has 1 rings (SSSR count). The molecule has 0 aromatic carbocycles. The third-order valence-electron chi connectivity index (χ3n) is 1.43. The van der Waals surface area contributed by atoms with E-state index in [1.54, 1.807) is 18.5 Å². The Hall–Kier alpha value is -0.820. The topological polar surface area (TPSA) is 12.9 Å². The maximum absolute atomic E-state index is 5.30. The zero-order chi connectivity index (χ0) is 9.94. The predicted molar refractivity (Wildman–Crippen MR) is 60.0 cm³/mol. The summed E-state index contributed by atoms with van der Waals surface area (Å²) in [5, 5.41) is 0. The van der Waals surface area contributed by atoms with E-state index in [0.29, 0.717) is 0 Å². The van der Waals surface area contributed by atoms with Crippen LogP contribution in [-0.2, 0) is 0 Å². The van der Waals surface area contributed by atoms with Crippen molar-refractivity contribution in [2.24, 2.45) is 0 Å². The van der Waals surface area contributed by atoms with E-state index in [1.165, 1.54) is 6.42 Å². The molecule has 0 aliphatic rings. The Morgan fingerprint density at radius 3 is 2.31 bits per heavy atom. The van der Waals surface area contributed by atoms with Gasteiger partial charge in [-0.3, -0.25) is 4.98 Å². The lowest BCUT2D eigenvalue weighted by atomic mass is 10.3. The van der Waals surface area contributed by atoms with Crippen molar-refractivity contribution >= 4 is 17.7 Å². The van der Waals surface area contributed by atoms with Gasteiger partial charge in [0.2, 0.25) is 0 Å². The molecule has 1 aromatic rings. The fraction of sp³-hybridized carbons (Fsp3) is 0.364. The van der Waals surface area contributed by atoms with Crippen molar-refractivity contribution in [1.29, 1.82) is 0 Å². The fourth-order valence-electron chi connectivity index (χ4n) is 0.633. The lowest BCUT2D eigenvalue weighted by molar-refractivity contribution is 0.892. The predicted octanol–water partition coefficient (Wildman–Crippen LogP) is 3.75. The second kappa shape index (κ2) is 9.27. The quantitative estimate of drug-likeness (QED) is 0.673.